The van der Waals surface area contributed by atoms with Gasteiger partial charge in [-0.3, -0.25) is 5.10 Å². The molecule has 4 aromatic rings. The number of benzene rings is 3. The quantitative estimate of drug-likeness (QED) is 0.372. The second-order valence-electron chi connectivity index (χ2n) is 7.90. The maximum absolute atomic E-state index is 9.97. The third kappa shape index (κ3) is 4.16. The number of nitriles is 1. The summed E-state index contributed by atoms with van der Waals surface area (Å²) in [5.41, 5.74) is 10.5. The zero-order valence-corrected chi connectivity index (χ0v) is 19.5. The number of allylic oxidation sites excluding steroid dienone is 1. The first-order chi connectivity index (χ1) is 17.1. The van der Waals surface area contributed by atoms with Crippen LogP contribution in [0.4, 0.5) is 0 Å². The van der Waals surface area contributed by atoms with Crippen LogP contribution in [0.3, 0.4) is 0 Å². The molecule has 0 radical (unpaired) electrons. The molecule has 3 aromatic carbocycles. The fourth-order valence-corrected chi connectivity index (χ4v) is 4.35. The van der Waals surface area contributed by atoms with Gasteiger partial charge in [0.05, 0.1) is 24.3 Å². The lowest BCUT2D eigenvalue weighted by atomic mass is 9.83. The Morgan fingerprint density at radius 3 is 2.60 bits per heavy atom. The summed E-state index contributed by atoms with van der Waals surface area (Å²) in [6, 6.07) is 25.0. The Kier molecular flexibility index (Phi) is 6.04. The third-order valence-electron chi connectivity index (χ3n) is 5.86. The van der Waals surface area contributed by atoms with Gasteiger partial charge < -0.3 is 19.9 Å². The molecule has 0 fully saturated rings. The molecule has 174 valence electrons. The average Bonchev–Trinajstić information content (AvgIpc) is 3.31. The number of H-pyrrole nitrogens is 1. The molecule has 0 bridgehead atoms. The number of rotatable bonds is 6. The van der Waals surface area contributed by atoms with Gasteiger partial charge in [-0.25, -0.2) is 0 Å². The fourth-order valence-electron chi connectivity index (χ4n) is 4.16. The number of hydrogen-bond acceptors (Lipinski definition) is 6. The summed E-state index contributed by atoms with van der Waals surface area (Å²) >= 11 is 6.26. The number of aromatic nitrogens is 2. The number of nitrogens with one attached hydrogen (secondary N) is 1. The first-order valence-electron chi connectivity index (χ1n) is 10.9. The number of nitrogens with zero attached hydrogens (tertiary/aromatic N) is 2. The zero-order chi connectivity index (χ0) is 24.4. The van der Waals surface area contributed by atoms with E-state index in [1.165, 1.54) is 0 Å². The maximum Gasteiger partial charge on any atom is 0.244 e. The van der Waals surface area contributed by atoms with Crippen molar-refractivity contribution in [2.45, 2.75) is 12.5 Å². The zero-order valence-electron chi connectivity index (χ0n) is 18.8. The molecule has 1 aliphatic rings. The highest BCUT2D eigenvalue weighted by atomic mass is 35.5. The predicted molar refractivity (Wildman–Crippen MR) is 132 cm³/mol. The van der Waals surface area contributed by atoms with Crippen molar-refractivity contribution >= 4 is 11.6 Å². The smallest absolute Gasteiger partial charge is 0.244 e. The number of ether oxygens (including phenoxy) is 3. The minimum absolute atomic E-state index is 0.0223. The van der Waals surface area contributed by atoms with Crippen LogP contribution >= 0.6 is 11.6 Å². The number of halogens is 1. The van der Waals surface area contributed by atoms with Crippen LogP contribution < -0.4 is 19.9 Å². The molecule has 5 rings (SSSR count). The molecule has 1 aromatic heterocycles. The maximum atomic E-state index is 9.97. The molecule has 1 aliphatic heterocycles. The van der Waals surface area contributed by atoms with Crippen molar-refractivity contribution < 1.29 is 14.2 Å². The molecule has 8 heteroatoms. The lowest BCUT2D eigenvalue weighted by molar-refractivity contribution is 0.284. The van der Waals surface area contributed by atoms with Crippen LogP contribution in [-0.4, -0.2) is 17.3 Å². The molecule has 2 heterocycles. The Hall–Kier alpha value is -4.41. The summed E-state index contributed by atoms with van der Waals surface area (Å²) in [5.74, 6) is 0.916. The van der Waals surface area contributed by atoms with Gasteiger partial charge in [0.1, 0.15) is 18.2 Å². The summed E-state index contributed by atoms with van der Waals surface area (Å²) in [5, 5.41) is 18.0. The number of hydrogen-bond donors (Lipinski definition) is 2. The van der Waals surface area contributed by atoms with Gasteiger partial charge in [-0.2, -0.15) is 5.26 Å². The van der Waals surface area contributed by atoms with E-state index in [1.54, 1.807) is 7.11 Å². The number of nitrogens with two attached hydrogens (primary N) is 1. The SMILES string of the molecule is COc1cc(C2C(C#N)=C(N)Oc3n[nH]c(-c4ccccc4)c32)ccc1OCc1ccccc1Cl. The molecule has 0 saturated carbocycles. The summed E-state index contributed by atoms with van der Waals surface area (Å²) in [6.07, 6.45) is 0. The highest BCUT2D eigenvalue weighted by Crippen LogP contribution is 2.47. The minimum Gasteiger partial charge on any atom is -0.493 e. The Balaban J connectivity index is 1.56. The van der Waals surface area contributed by atoms with E-state index in [-0.39, 0.29) is 12.5 Å². The van der Waals surface area contributed by atoms with Crippen LogP contribution in [0.15, 0.2) is 84.3 Å². The van der Waals surface area contributed by atoms with Crippen LogP contribution in [0.2, 0.25) is 5.02 Å². The van der Waals surface area contributed by atoms with Gasteiger partial charge in [0.25, 0.3) is 0 Å². The van der Waals surface area contributed by atoms with Crippen molar-refractivity contribution in [1.82, 2.24) is 10.2 Å². The van der Waals surface area contributed by atoms with Gasteiger partial charge >= 0.3 is 0 Å². The summed E-state index contributed by atoms with van der Waals surface area (Å²) < 4.78 is 17.3. The van der Waals surface area contributed by atoms with Crippen molar-refractivity contribution in [2.75, 3.05) is 7.11 Å². The van der Waals surface area contributed by atoms with Crippen molar-refractivity contribution in [3.63, 3.8) is 0 Å². The molecule has 0 amide bonds. The molecule has 0 saturated heterocycles. The topological polar surface area (TPSA) is 106 Å². The highest BCUT2D eigenvalue weighted by molar-refractivity contribution is 6.31. The van der Waals surface area contributed by atoms with Crippen LogP contribution in [0, 0.1) is 11.3 Å². The molecule has 0 aliphatic carbocycles. The third-order valence-corrected chi connectivity index (χ3v) is 6.23. The van der Waals surface area contributed by atoms with Gasteiger partial charge in [-0.1, -0.05) is 66.2 Å². The lowest BCUT2D eigenvalue weighted by Gasteiger charge is -2.25. The first kappa shape index (κ1) is 22.4. The Morgan fingerprint density at radius 1 is 1.09 bits per heavy atom. The van der Waals surface area contributed by atoms with Crippen LogP contribution in [0.5, 0.6) is 17.4 Å². The standard InChI is InChI=1S/C27H21ClN4O3/c1-33-22-13-17(11-12-21(22)34-15-18-9-5-6-10-20(18)28)23-19(14-29)26(30)35-27-24(23)25(31-32-27)16-7-3-2-4-8-16/h2-13,23H,15,30H2,1H3,(H,31,32). The van der Waals surface area contributed by atoms with Gasteiger partial charge in [0.15, 0.2) is 11.5 Å². The van der Waals surface area contributed by atoms with E-state index in [9.17, 15) is 5.26 Å². The molecule has 3 N–H and O–H groups in total. The second-order valence-corrected chi connectivity index (χ2v) is 8.31. The Bertz CT molecular complexity index is 1460. The number of fused-ring (bicyclic) bond motifs is 1. The molecule has 1 unspecified atom stereocenters. The Morgan fingerprint density at radius 2 is 1.86 bits per heavy atom. The minimum atomic E-state index is -0.510. The van der Waals surface area contributed by atoms with Gasteiger partial charge in [-0.05, 0) is 29.3 Å². The van der Waals surface area contributed by atoms with E-state index in [1.807, 2.05) is 72.8 Å². The van der Waals surface area contributed by atoms with Crippen molar-refractivity contribution in [3.05, 3.63) is 106 Å². The summed E-state index contributed by atoms with van der Waals surface area (Å²) in [6.45, 7) is 0.285. The predicted octanol–water partition coefficient (Wildman–Crippen LogP) is 5.54. The van der Waals surface area contributed by atoms with Gasteiger partial charge in [0, 0.05) is 10.6 Å². The largest absolute Gasteiger partial charge is 0.493 e. The van der Waals surface area contributed by atoms with E-state index in [0.29, 0.717) is 28.0 Å². The van der Waals surface area contributed by atoms with Crippen molar-refractivity contribution in [3.8, 4) is 34.7 Å². The number of aromatic amines is 1. The summed E-state index contributed by atoms with van der Waals surface area (Å²) in [7, 11) is 1.57. The van der Waals surface area contributed by atoms with E-state index >= 15 is 0 Å². The molecule has 35 heavy (non-hydrogen) atoms. The lowest BCUT2D eigenvalue weighted by Crippen LogP contribution is -2.21. The Labute approximate surface area is 207 Å². The van der Waals surface area contributed by atoms with Crippen molar-refractivity contribution in [1.29, 1.82) is 5.26 Å². The van der Waals surface area contributed by atoms with Crippen LogP contribution in [-0.2, 0) is 6.61 Å². The fraction of sp³-hybridized carbons (Fsp3) is 0.111. The monoisotopic (exact) mass is 484 g/mol. The van der Waals surface area contributed by atoms with E-state index in [2.05, 4.69) is 16.3 Å². The average molecular weight is 485 g/mol. The van der Waals surface area contributed by atoms with E-state index in [4.69, 9.17) is 31.5 Å². The van der Waals surface area contributed by atoms with Crippen molar-refractivity contribution in [2.24, 2.45) is 5.73 Å². The van der Waals surface area contributed by atoms with E-state index < -0.39 is 5.92 Å². The first-order valence-corrected chi connectivity index (χ1v) is 11.2. The normalized spacial score (nSPS) is 14.6. The molecule has 0 spiro atoms. The van der Waals surface area contributed by atoms with Crippen LogP contribution in [0.1, 0.15) is 22.6 Å². The molecular weight excluding hydrogens is 464 g/mol. The molecule has 7 nitrogen and oxygen atoms in total. The second kappa shape index (κ2) is 9.45. The number of methoxy groups -OCH3 is 1. The van der Waals surface area contributed by atoms with Gasteiger partial charge in [-0.15, -0.1) is 5.10 Å². The van der Waals surface area contributed by atoms with E-state index in [0.717, 1.165) is 27.9 Å². The van der Waals surface area contributed by atoms with Crippen LogP contribution in [0.25, 0.3) is 11.3 Å². The molecular formula is C27H21ClN4O3. The highest BCUT2D eigenvalue weighted by Gasteiger charge is 2.36. The van der Waals surface area contributed by atoms with Gasteiger partial charge in [0.2, 0.25) is 11.8 Å². The molecule has 1 atom stereocenters. The summed E-state index contributed by atoms with van der Waals surface area (Å²) in [4.78, 5) is 0.